The second-order valence-corrected chi connectivity index (χ2v) is 6.99. The van der Waals surface area contributed by atoms with Gasteiger partial charge in [0.2, 0.25) is 0 Å². The summed E-state index contributed by atoms with van der Waals surface area (Å²) in [6.45, 7) is 4.10. The molecule has 0 aromatic heterocycles. The van der Waals surface area contributed by atoms with Crippen molar-refractivity contribution >= 4 is 29.0 Å². The summed E-state index contributed by atoms with van der Waals surface area (Å²) in [7, 11) is 0. The van der Waals surface area contributed by atoms with Gasteiger partial charge in [-0.15, -0.1) is 0 Å². The molecule has 0 radical (unpaired) electrons. The van der Waals surface area contributed by atoms with Crippen molar-refractivity contribution in [3.05, 3.63) is 29.3 Å². The third-order valence-corrected chi connectivity index (χ3v) is 5.35. The minimum Gasteiger partial charge on any atom is -0.462 e. The number of fused-ring (bicyclic) bond motifs is 2. The zero-order valence-corrected chi connectivity index (χ0v) is 14.5. The first-order chi connectivity index (χ1) is 11.1. The van der Waals surface area contributed by atoms with Crippen molar-refractivity contribution in [1.82, 2.24) is 5.32 Å². The smallest absolute Gasteiger partial charge is 0.338 e. The molecular formula is C18H24N2O2S. The Hall–Kier alpha value is -1.62. The van der Waals surface area contributed by atoms with Crippen molar-refractivity contribution in [2.45, 2.75) is 45.6 Å². The lowest BCUT2D eigenvalue weighted by molar-refractivity contribution is 0.0525. The Labute approximate surface area is 143 Å². The molecule has 2 aliphatic carbocycles. The first-order valence-corrected chi connectivity index (χ1v) is 8.83. The summed E-state index contributed by atoms with van der Waals surface area (Å²) in [5, 5.41) is 7.36. The normalized spacial score (nSPS) is 25.2. The SMILES string of the molecule is CCOC(=O)c1cccc(NC(=S)N[C@H]2C[C@H]3CC[C@@H]2C3)c1C. The van der Waals surface area contributed by atoms with E-state index in [1.807, 2.05) is 26.0 Å². The quantitative estimate of drug-likeness (QED) is 0.651. The first-order valence-electron chi connectivity index (χ1n) is 8.42. The lowest BCUT2D eigenvalue weighted by atomic mass is 9.95. The minimum absolute atomic E-state index is 0.291. The van der Waals surface area contributed by atoms with Gasteiger partial charge in [0.25, 0.3) is 0 Å². The van der Waals surface area contributed by atoms with Crippen LogP contribution < -0.4 is 10.6 Å². The number of esters is 1. The fourth-order valence-corrected chi connectivity index (χ4v) is 4.21. The molecule has 0 amide bonds. The van der Waals surface area contributed by atoms with Gasteiger partial charge in [-0.3, -0.25) is 0 Å². The molecule has 2 bridgehead atoms. The maximum atomic E-state index is 12.0. The van der Waals surface area contributed by atoms with Gasteiger partial charge < -0.3 is 15.4 Å². The Morgan fingerprint density at radius 2 is 2.17 bits per heavy atom. The van der Waals surface area contributed by atoms with Gasteiger partial charge in [-0.05, 0) is 74.9 Å². The number of rotatable bonds is 4. The van der Waals surface area contributed by atoms with E-state index in [2.05, 4.69) is 10.6 Å². The highest BCUT2D eigenvalue weighted by molar-refractivity contribution is 7.80. The van der Waals surface area contributed by atoms with E-state index in [9.17, 15) is 4.79 Å². The monoisotopic (exact) mass is 332 g/mol. The average Bonchev–Trinajstić information content (AvgIpc) is 3.12. The fourth-order valence-electron chi connectivity index (χ4n) is 3.95. The van der Waals surface area contributed by atoms with E-state index in [0.717, 1.165) is 23.1 Å². The van der Waals surface area contributed by atoms with Gasteiger partial charge in [0.15, 0.2) is 5.11 Å². The topological polar surface area (TPSA) is 50.4 Å². The second-order valence-electron chi connectivity index (χ2n) is 6.58. The van der Waals surface area contributed by atoms with Crippen molar-refractivity contribution in [3.8, 4) is 0 Å². The highest BCUT2D eigenvalue weighted by Crippen LogP contribution is 2.44. The first kappa shape index (κ1) is 16.2. The summed E-state index contributed by atoms with van der Waals surface area (Å²) in [6.07, 6.45) is 5.28. The molecule has 2 saturated carbocycles. The molecule has 0 aliphatic heterocycles. The Morgan fingerprint density at radius 1 is 1.35 bits per heavy atom. The molecule has 5 heteroatoms. The Morgan fingerprint density at radius 3 is 2.83 bits per heavy atom. The van der Waals surface area contributed by atoms with E-state index >= 15 is 0 Å². The number of anilines is 1. The van der Waals surface area contributed by atoms with E-state index in [0.29, 0.717) is 23.3 Å². The number of thiocarbonyl (C=S) groups is 1. The molecular weight excluding hydrogens is 308 g/mol. The number of carbonyl (C=O) groups excluding carboxylic acids is 1. The lowest BCUT2D eigenvalue weighted by Gasteiger charge is -2.25. The molecule has 124 valence electrons. The van der Waals surface area contributed by atoms with Crippen LogP contribution >= 0.6 is 12.2 Å². The summed E-state index contributed by atoms with van der Waals surface area (Å²) in [5.74, 6) is 1.36. The van der Waals surface area contributed by atoms with Crippen LogP contribution in [0, 0.1) is 18.8 Å². The lowest BCUT2D eigenvalue weighted by Crippen LogP contribution is -2.40. The van der Waals surface area contributed by atoms with Gasteiger partial charge in [0.1, 0.15) is 0 Å². The van der Waals surface area contributed by atoms with Gasteiger partial charge in [-0.1, -0.05) is 12.5 Å². The zero-order valence-electron chi connectivity index (χ0n) is 13.7. The van der Waals surface area contributed by atoms with Crippen LogP contribution in [0.3, 0.4) is 0 Å². The Kier molecular flexibility index (Phi) is 4.85. The van der Waals surface area contributed by atoms with E-state index in [1.165, 1.54) is 25.7 Å². The molecule has 0 saturated heterocycles. The van der Waals surface area contributed by atoms with Gasteiger partial charge in [-0.2, -0.15) is 0 Å². The van der Waals surface area contributed by atoms with Crippen LogP contribution in [0.4, 0.5) is 5.69 Å². The molecule has 2 N–H and O–H groups in total. The molecule has 2 fully saturated rings. The minimum atomic E-state index is -0.291. The summed E-state index contributed by atoms with van der Waals surface area (Å²) >= 11 is 5.47. The largest absolute Gasteiger partial charge is 0.462 e. The number of ether oxygens (including phenoxy) is 1. The molecule has 1 aromatic carbocycles. The molecule has 0 unspecified atom stereocenters. The molecule has 0 spiro atoms. The molecule has 2 aliphatic rings. The third kappa shape index (κ3) is 3.50. The fraction of sp³-hybridized carbons (Fsp3) is 0.556. The van der Waals surface area contributed by atoms with Gasteiger partial charge in [0, 0.05) is 11.7 Å². The standard InChI is InChI=1S/C18H24N2O2S/c1-3-22-17(21)14-5-4-6-15(11(14)2)19-18(23)20-16-10-12-7-8-13(16)9-12/h4-6,12-13,16H,3,7-10H2,1-2H3,(H2,19,20,23)/t12-,13+,16-/m0/s1. The van der Waals surface area contributed by atoms with E-state index in [-0.39, 0.29) is 5.97 Å². The van der Waals surface area contributed by atoms with Crippen molar-refractivity contribution in [3.63, 3.8) is 0 Å². The van der Waals surface area contributed by atoms with Gasteiger partial charge in [0.05, 0.1) is 12.2 Å². The van der Waals surface area contributed by atoms with Crippen molar-refractivity contribution in [2.75, 3.05) is 11.9 Å². The summed E-state index contributed by atoms with van der Waals surface area (Å²) in [5.41, 5.74) is 2.30. The number of benzene rings is 1. The van der Waals surface area contributed by atoms with Crippen molar-refractivity contribution < 1.29 is 9.53 Å². The molecule has 1 aromatic rings. The van der Waals surface area contributed by atoms with Crippen LogP contribution in [0.15, 0.2) is 18.2 Å². The maximum Gasteiger partial charge on any atom is 0.338 e. The molecule has 3 atom stereocenters. The number of hydrogen-bond acceptors (Lipinski definition) is 3. The van der Waals surface area contributed by atoms with Crippen LogP contribution in [0.5, 0.6) is 0 Å². The highest BCUT2D eigenvalue weighted by atomic mass is 32.1. The number of carbonyl (C=O) groups is 1. The van der Waals surface area contributed by atoms with E-state index < -0.39 is 0 Å². The predicted octanol–water partition coefficient (Wildman–Crippen LogP) is 3.65. The summed E-state index contributed by atoms with van der Waals surface area (Å²) in [4.78, 5) is 12.0. The second kappa shape index (κ2) is 6.87. The van der Waals surface area contributed by atoms with E-state index in [4.69, 9.17) is 17.0 Å². The Bertz CT molecular complexity index is 617. The van der Waals surface area contributed by atoms with Crippen LogP contribution in [0.2, 0.25) is 0 Å². The zero-order chi connectivity index (χ0) is 16.4. The molecule has 3 rings (SSSR count). The predicted molar refractivity (Wildman–Crippen MR) is 95.7 cm³/mol. The highest BCUT2D eigenvalue weighted by Gasteiger charge is 2.39. The average molecular weight is 332 g/mol. The van der Waals surface area contributed by atoms with Crippen molar-refractivity contribution in [2.24, 2.45) is 11.8 Å². The van der Waals surface area contributed by atoms with Crippen molar-refractivity contribution in [1.29, 1.82) is 0 Å². The molecule has 4 nitrogen and oxygen atoms in total. The van der Waals surface area contributed by atoms with Crippen LogP contribution in [0.25, 0.3) is 0 Å². The molecule has 0 heterocycles. The number of nitrogens with one attached hydrogen (secondary N) is 2. The molecule has 23 heavy (non-hydrogen) atoms. The van der Waals surface area contributed by atoms with E-state index in [1.54, 1.807) is 6.07 Å². The third-order valence-electron chi connectivity index (χ3n) is 5.13. The number of hydrogen-bond donors (Lipinski definition) is 2. The van der Waals surface area contributed by atoms with Gasteiger partial charge >= 0.3 is 5.97 Å². The summed E-state index contributed by atoms with van der Waals surface area (Å²) < 4.78 is 5.09. The maximum absolute atomic E-state index is 12.0. The Balaban J connectivity index is 1.64. The van der Waals surface area contributed by atoms with Crippen LogP contribution in [-0.2, 0) is 4.74 Å². The van der Waals surface area contributed by atoms with Crippen LogP contribution in [-0.4, -0.2) is 23.7 Å². The summed E-state index contributed by atoms with van der Waals surface area (Å²) in [6, 6.07) is 6.07. The van der Waals surface area contributed by atoms with Gasteiger partial charge in [-0.25, -0.2) is 4.79 Å². The van der Waals surface area contributed by atoms with Crippen LogP contribution in [0.1, 0.15) is 48.5 Å².